The molecule has 7 heteroatoms. The number of nitrogens with one attached hydrogen (secondary N) is 1. The van der Waals surface area contributed by atoms with Crippen molar-refractivity contribution in [2.75, 3.05) is 18.1 Å². The number of benzene rings is 2. The van der Waals surface area contributed by atoms with Crippen LogP contribution in [0.1, 0.15) is 21.5 Å². The second-order valence-electron chi connectivity index (χ2n) is 6.25. The third-order valence-electron chi connectivity index (χ3n) is 4.30. The lowest BCUT2D eigenvalue weighted by Gasteiger charge is -2.30. The van der Waals surface area contributed by atoms with Gasteiger partial charge >= 0.3 is 0 Å². The van der Waals surface area contributed by atoms with Gasteiger partial charge in [0.25, 0.3) is 11.8 Å². The second kappa shape index (κ2) is 7.17. The van der Waals surface area contributed by atoms with Gasteiger partial charge in [0, 0.05) is 5.56 Å². The van der Waals surface area contributed by atoms with Crippen molar-refractivity contribution in [1.29, 1.82) is 0 Å². The van der Waals surface area contributed by atoms with Crippen LogP contribution in [0.25, 0.3) is 6.08 Å². The van der Waals surface area contributed by atoms with Gasteiger partial charge in [0.1, 0.15) is 16.7 Å². The van der Waals surface area contributed by atoms with E-state index in [1.54, 1.807) is 11.0 Å². The van der Waals surface area contributed by atoms with Gasteiger partial charge in [-0.25, -0.2) is 0 Å². The monoisotopic (exact) mass is 396 g/mol. The summed E-state index contributed by atoms with van der Waals surface area (Å²) in [4.78, 5) is 27.2. The lowest BCUT2D eigenvalue weighted by Crippen LogP contribution is -2.38. The molecule has 0 aliphatic carbocycles. The van der Waals surface area contributed by atoms with Gasteiger partial charge in [0.15, 0.2) is 0 Å². The minimum absolute atomic E-state index is 0.0674. The zero-order chi connectivity index (χ0) is 19.0. The predicted octanol–water partition coefficient (Wildman–Crippen LogP) is 3.52. The minimum Gasteiger partial charge on any atom is -0.490 e. The molecule has 1 fully saturated rings. The highest BCUT2D eigenvalue weighted by Crippen LogP contribution is 2.35. The molecule has 136 valence electrons. The van der Waals surface area contributed by atoms with E-state index in [1.807, 2.05) is 49.4 Å². The van der Waals surface area contributed by atoms with Crippen molar-refractivity contribution in [1.82, 2.24) is 5.32 Å². The molecule has 4 rings (SSSR count). The molecule has 0 saturated carbocycles. The van der Waals surface area contributed by atoms with Gasteiger partial charge in [0.2, 0.25) is 0 Å². The largest absolute Gasteiger partial charge is 0.490 e. The van der Waals surface area contributed by atoms with Gasteiger partial charge in [-0.1, -0.05) is 47.7 Å². The SMILES string of the molecule is Cc1cccc(C(=O)N2CCOc3ccc(/C=C4\SC(=S)NC4=O)cc32)c1. The quantitative estimate of drug-likeness (QED) is 0.622. The lowest BCUT2D eigenvalue weighted by molar-refractivity contribution is -0.115. The number of rotatable bonds is 2. The van der Waals surface area contributed by atoms with Crippen molar-refractivity contribution in [2.45, 2.75) is 6.92 Å². The fourth-order valence-electron chi connectivity index (χ4n) is 3.04. The zero-order valence-electron chi connectivity index (χ0n) is 14.5. The molecule has 27 heavy (non-hydrogen) atoms. The Morgan fingerprint density at radius 3 is 2.89 bits per heavy atom. The topological polar surface area (TPSA) is 58.6 Å². The van der Waals surface area contributed by atoms with E-state index >= 15 is 0 Å². The molecule has 2 aromatic carbocycles. The van der Waals surface area contributed by atoms with Crippen LogP contribution in [-0.4, -0.2) is 29.3 Å². The number of thioether (sulfide) groups is 1. The first-order valence-electron chi connectivity index (χ1n) is 8.41. The maximum atomic E-state index is 13.0. The summed E-state index contributed by atoms with van der Waals surface area (Å²) in [7, 11) is 0. The third kappa shape index (κ3) is 3.61. The Labute approximate surface area is 166 Å². The normalized spacial score (nSPS) is 17.5. The Morgan fingerprint density at radius 1 is 1.30 bits per heavy atom. The van der Waals surface area contributed by atoms with Crippen molar-refractivity contribution < 1.29 is 14.3 Å². The van der Waals surface area contributed by atoms with Crippen molar-refractivity contribution in [3.63, 3.8) is 0 Å². The van der Waals surface area contributed by atoms with E-state index in [0.29, 0.717) is 39.4 Å². The molecule has 2 heterocycles. The highest BCUT2D eigenvalue weighted by atomic mass is 32.2. The van der Waals surface area contributed by atoms with E-state index in [0.717, 1.165) is 11.1 Å². The van der Waals surface area contributed by atoms with E-state index in [-0.39, 0.29) is 11.8 Å². The van der Waals surface area contributed by atoms with Crippen LogP contribution in [0.5, 0.6) is 5.75 Å². The molecule has 5 nitrogen and oxygen atoms in total. The summed E-state index contributed by atoms with van der Waals surface area (Å²) in [5, 5.41) is 2.60. The van der Waals surface area contributed by atoms with Crippen molar-refractivity contribution in [3.05, 3.63) is 64.1 Å². The number of amides is 2. The van der Waals surface area contributed by atoms with Gasteiger partial charge in [-0.3, -0.25) is 9.59 Å². The van der Waals surface area contributed by atoms with Gasteiger partial charge < -0.3 is 15.0 Å². The molecule has 0 bridgehead atoms. The summed E-state index contributed by atoms with van der Waals surface area (Å²) in [6.45, 7) is 2.87. The summed E-state index contributed by atoms with van der Waals surface area (Å²) < 4.78 is 6.15. The molecule has 2 amide bonds. The van der Waals surface area contributed by atoms with Crippen LogP contribution in [-0.2, 0) is 4.79 Å². The van der Waals surface area contributed by atoms with Gasteiger partial charge in [-0.15, -0.1) is 0 Å². The van der Waals surface area contributed by atoms with E-state index in [9.17, 15) is 9.59 Å². The summed E-state index contributed by atoms with van der Waals surface area (Å²) in [5.41, 5.74) is 3.19. The Kier molecular flexibility index (Phi) is 4.72. The molecule has 0 spiro atoms. The first-order valence-corrected chi connectivity index (χ1v) is 9.64. The van der Waals surface area contributed by atoms with Gasteiger partial charge in [-0.2, -0.15) is 0 Å². The summed E-state index contributed by atoms with van der Waals surface area (Å²) in [6.07, 6.45) is 1.77. The lowest BCUT2D eigenvalue weighted by atomic mass is 10.1. The number of carbonyl (C=O) groups excluding carboxylic acids is 2. The van der Waals surface area contributed by atoms with Crippen molar-refractivity contribution in [2.24, 2.45) is 0 Å². The van der Waals surface area contributed by atoms with Crippen LogP contribution in [0, 0.1) is 6.92 Å². The van der Waals surface area contributed by atoms with Crippen molar-refractivity contribution in [3.8, 4) is 5.75 Å². The fourth-order valence-corrected chi connectivity index (χ4v) is 4.09. The molecule has 2 aromatic rings. The minimum atomic E-state index is -0.202. The number of hydrogen-bond acceptors (Lipinski definition) is 5. The maximum absolute atomic E-state index is 13.0. The first kappa shape index (κ1) is 17.8. The molecular weight excluding hydrogens is 380 g/mol. The number of ether oxygens (including phenoxy) is 1. The predicted molar refractivity (Wildman–Crippen MR) is 111 cm³/mol. The van der Waals surface area contributed by atoms with Crippen LogP contribution < -0.4 is 15.0 Å². The number of carbonyl (C=O) groups is 2. The molecule has 1 saturated heterocycles. The molecular formula is C20H16N2O3S2. The highest BCUT2D eigenvalue weighted by Gasteiger charge is 2.26. The van der Waals surface area contributed by atoms with Crippen LogP contribution in [0.15, 0.2) is 47.4 Å². The van der Waals surface area contributed by atoms with E-state index in [2.05, 4.69) is 5.32 Å². The zero-order valence-corrected chi connectivity index (χ0v) is 16.2. The van der Waals surface area contributed by atoms with Gasteiger partial charge in [-0.05, 0) is 42.8 Å². The van der Waals surface area contributed by atoms with Crippen LogP contribution in [0.4, 0.5) is 5.69 Å². The summed E-state index contributed by atoms with van der Waals surface area (Å²) >= 11 is 6.25. The molecule has 0 atom stereocenters. The smallest absolute Gasteiger partial charge is 0.263 e. The Balaban J connectivity index is 1.69. The number of thiocarbonyl (C=S) groups is 1. The summed E-state index contributed by atoms with van der Waals surface area (Å²) in [5.74, 6) is 0.386. The Morgan fingerprint density at radius 2 is 2.15 bits per heavy atom. The molecule has 0 aromatic heterocycles. The van der Waals surface area contributed by atoms with E-state index < -0.39 is 0 Å². The van der Waals surface area contributed by atoms with Crippen molar-refractivity contribution >= 4 is 51.9 Å². The number of aryl methyl sites for hydroxylation is 1. The molecule has 1 N–H and O–H groups in total. The number of fused-ring (bicyclic) bond motifs is 1. The van der Waals surface area contributed by atoms with Crippen LogP contribution in [0.2, 0.25) is 0 Å². The second-order valence-corrected chi connectivity index (χ2v) is 7.97. The Bertz CT molecular complexity index is 1000. The fraction of sp³-hybridized carbons (Fsp3) is 0.150. The van der Waals surface area contributed by atoms with Gasteiger partial charge in [0.05, 0.1) is 17.1 Å². The third-order valence-corrected chi connectivity index (χ3v) is 5.46. The maximum Gasteiger partial charge on any atom is 0.263 e. The first-order chi connectivity index (χ1) is 13.0. The van der Waals surface area contributed by atoms with Crippen LogP contribution >= 0.6 is 24.0 Å². The molecule has 2 aliphatic rings. The average Bonchev–Trinajstić information content (AvgIpc) is 2.97. The Hall–Kier alpha value is -2.64. The highest BCUT2D eigenvalue weighted by molar-refractivity contribution is 8.26. The summed E-state index contributed by atoms with van der Waals surface area (Å²) in [6, 6.07) is 13.1. The standard InChI is InChI=1S/C20H16N2O3S2/c1-12-3-2-4-14(9-12)19(24)22-7-8-25-16-6-5-13(10-15(16)22)11-17-18(23)21-20(26)27-17/h2-6,9-11H,7-8H2,1H3,(H,21,23,26)/b17-11-. The average molecular weight is 396 g/mol. The number of hydrogen-bond donors (Lipinski definition) is 1. The number of anilines is 1. The van der Waals surface area contributed by atoms with Crippen LogP contribution in [0.3, 0.4) is 0 Å². The molecule has 0 radical (unpaired) electrons. The number of nitrogens with zero attached hydrogens (tertiary/aromatic N) is 1. The molecule has 0 unspecified atom stereocenters. The van der Waals surface area contributed by atoms with E-state index in [4.69, 9.17) is 17.0 Å². The molecule has 2 aliphatic heterocycles. The van der Waals surface area contributed by atoms with E-state index in [1.165, 1.54) is 11.8 Å².